The van der Waals surface area contributed by atoms with E-state index >= 15 is 0 Å². The van der Waals surface area contributed by atoms with Crippen LogP contribution >= 0.6 is 0 Å². The summed E-state index contributed by atoms with van der Waals surface area (Å²) in [4.78, 5) is 9.72. The van der Waals surface area contributed by atoms with E-state index in [0.29, 0.717) is 12.6 Å². The molecule has 5 heteroatoms. The number of aryl methyl sites for hydroxylation is 1. The molecule has 1 fully saturated rings. The number of rotatable bonds is 8. The van der Waals surface area contributed by atoms with Gasteiger partial charge in [-0.2, -0.15) is 0 Å². The smallest absolute Gasteiger partial charge is 0.124 e. The van der Waals surface area contributed by atoms with Gasteiger partial charge in [-0.25, -0.2) is 4.98 Å². The average molecular weight is 329 g/mol. The second-order valence-corrected chi connectivity index (χ2v) is 6.56. The molecule has 1 heterocycles. The van der Waals surface area contributed by atoms with Gasteiger partial charge in [0.1, 0.15) is 11.6 Å². The third kappa shape index (κ3) is 4.58. The van der Waals surface area contributed by atoms with Crippen LogP contribution < -0.4 is 4.74 Å². The minimum atomic E-state index is 0.138. The Kier molecular flexibility index (Phi) is 5.88. The van der Waals surface area contributed by atoms with Crippen LogP contribution in [0.3, 0.4) is 0 Å². The number of nitrogens with zero attached hydrogens (tertiary/aromatic N) is 2. The Balaban J connectivity index is 1.69. The summed E-state index contributed by atoms with van der Waals surface area (Å²) in [5.74, 6) is 1.90. The monoisotopic (exact) mass is 329 g/mol. The minimum absolute atomic E-state index is 0.138. The van der Waals surface area contributed by atoms with Crippen molar-refractivity contribution in [2.24, 2.45) is 0 Å². The van der Waals surface area contributed by atoms with Crippen molar-refractivity contribution in [3.63, 3.8) is 0 Å². The lowest BCUT2D eigenvalue weighted by atomic mass is 10.1. The van der Waals surface area contributed by atoms with Gasteiger partial charge in [-0.3, -0.25) is 4.90 Å². The van der Waals surface area contributed by atoms with E-state index in [1.165, 1.54) is 18.4 Å². The Labute approximate surface area is 143 Å². The highest BCUT2D eigenvalue weighted by atomic mass is 16.5. The first-order chi connectivity index (χ1) is 11.7. The van der Waals surface area contributed by atoms with Crippen molar-refractivity contribution in [1.82, 2.24) is 14.9 Å². The lowest BCUT2D eigenvalue weighted by Gasteiger charge is -2.23. The number of benzene rings is 1. The first kappa shape index (κ1) is 17.0. The van der Waals surface area contributed by atoms with Crippen molar-refractivity contribution in [3.8, 4) is 5.75 Å². The van der Waals surface area contributed by atoms with E-state index in [0.717, 1.165) is 43.2 Å². The number of hydrogen-bond donors (Lipinski definition) is 2. The second kappa shape index (κ2) is 8.31. The fourth-order valence-electron chi connectivity index (χ4n) is 3.32. The van der Waals surface area contributed by atoms with Crippen LogP contribution in [-0.4, -0.2) is 39.2 Å². The summed E-state index contributed by atoms with van der Waals surface area (Å²) in [6.07, 6.45) is 7.06. The Morgan fingerprint density at radius 1 is 1.25 bits per heavy atom. The molecule has 1 aromatic heterocycles. The van der Waals surface area contributed by atoms with Crippen LogP contribution in [0.2, 0.25) is 0 Å². The first-order valence-corrected chi connectivity index (χ1v) is 8.83. The maximum Gasteiger partial charge on any atom is 0.124 e. The van der Waals surface area contributed by atoms with E-state index in [4.69, 9.17) is 4.74 Å². The van der Waals surface area contributed by atoms with Crippen molar-refractivity contribution in [1.29, 1.82) is 0 Å². The lowest BCUT2D eigenvalue weighted by molar-refractivity contribution is 0.174. The molecule has 0 amide bonds. The fraction of sp³-hybridized carbons (Fsp3) is 0.526. The van der Waals surface area contributed by atoms with Crippen molar-refractivity contribution in [2.45, 2.75) is 51.8 Å². The van der Waals surface area contributed by atoms with Crippen molar-refractivity contribution < 1.29 is 9.84 Å². The van der Waals surface area contributed by atoms with Crippen LogP contribution in [0, 0.1) is 6.92 Å². The molecule has 1 aliphatic carbocycles. The summed E-state index contributed by atoms with van der Waals surface area (Å²) >= 11 is 0. The predicted octanol–water partition coefficient (Wildman–Crippen LogP) is 3.03. The largest absolute Gasteiger partial charge is 0.490 e. The standard InChI is InChI=1S/C19H27N3O2/c1-15-20-12-17(21-15)14-22(10-11-23)13-16-6-2-5-9-19(16)24-18-7-3-4-8-18/h2,5-6,9,12,18,23H,3-4,7-8,10-11,13-14H2,1H3,(H,20,21). The van der Waals surface area contributed by atoms with Crippen LogP contribution in [0.1, 0.15) is 42.8 Å². The van der Waals surface area contributed by atoms with Crippen LogP contribution in [0.25, 0.3) is 0 Å². The molecule has 3 rings (SSSR count). The van der Waals surface area contributed by atoms with E-state index < -0.39 is 0 Å². The van der Waals surface area contributed by atoms with Gasteiger partial charge in [0.05, 0.1) is 12.7 Å². The van der Waals surface area contributed by atoms with E-state index in [2.05, 4.69) is 27.0 Å². The molecule has 0 saturated heterocycles. The summed E-state index contributed by atoms with van der Waals surface area (Å²) < 4.78 is 6.23. The Morgan fingerprint density at radius 2 is 2.04 bits per heavy atom. The van der Waals surface area contributed by atoms with E-state index in [-0.39, 0.29) is 6.61 Å². The van der Waals surface area contributed by atoms with Gasteiger partial charge in [-0.05, 0) is 38.7 Å². The summed E-state index contributed by atoms with van der Waals surface area (Å²) in [5.41, 5.74) is 2.24. The number of H-pyrrole nitrogens is 1. The van der Waals surface area contributed by atoms with E-state index in [9.17, 15) is 5.11 Å². The summed E-state index contributed by atoms with van der Waals surface area (Å²) in [5, 5.41) is 9.40. The molecular formula is C19H27N3O2. The van der Waals surface area contributed by atoms with Gasteiger partial charge in [0.15, 0.2) is 0 Å². The van der Waals surface area contributed by atoms with Crippen molar-refractivity contribution in [2.75, 3.05) is 13.2 Å². The highest BCUT2D eigenvalue weighted by Crippen LogP contribution is 2.27. The molecule has 2 aromatic rings. The van der Waals surface area contributed by atoms with Gasteiger partial charge in [-0.15, -0.1) is 0 Å². The van der Waals surface area contributed by atoms with Crippen LogP contribution in [0.5, 0.6) is 5.75 Å². The van der Waals surface area contributed by atoms with Gasteiger partial charge >= 0.3 is 0 Å². The zero-order valence-corrected chi connectivity index (χ0v) is 14.4. The van der Waals surface area contributed by atoms with E-state index in [1.54, 1.807) is 0 Å². The quantitative estimate of drug-likeness (QED) is 0.781. The molecule has 0 unspecified atom stereocenters. The number of aliphatic hydroxyl groups excluding tert-OH is 1. The summed E-state index contributed by atoms with van der Waals surface area (Å²) in [6, 6.07) is 8.26. The molecule has 0 bridgehead atoms. The number of nitrogens with one attached hydrogen (secondary N) is 1. The highest BCUT2D eigenvalue weighted by Gasteiger charge is 2.18. The normalized spacial score (nSPS) is 15.3. The molecule has 24 heavy (non-hydrogen) atoms. The molecule has 2 N–H and O–H groups in total. The number of para-hydroxylation sites is 1. The summed E-state index contributed by atoms with van der Waals surface area (Å²) in [7, 11) is 0. The summed E-state index contributed by atoms with van der Waals surface area (Å²) in [6.45, 7) is 4.19. The molecule has 0 aliphatic heterocycles. The molecule has 1 aliphatic rings. The van der Waals surface area contributed by atoms with Gasteiger partial charge < -0.3 is 14.8 Å². The van der Waals surface area contributed by atoms with Crippen LogP contribution in [-0.2, 0) is 13.1 Å². The maximum absolute atomic E-state index is 9.40. The van der Waals surface area contributed by atoms with Gasteiger partial charge in [-0.1, -0.05) is 18.2 Å². The molecule has 0 atom stereocenters. The third-order valence-electron chi connectivity index (χ3n) is 4.53. The molecule has 1 aromatic carbocycles. The van der Waals surface area contributed by atoms with Gasteiger partial charge in [0, 0.05) is 37.1 Å². The zero-order valence-electron chi connectivity index (χ0n) is 14.4. The van der Waals surface area contributed by atoms with Gasteiger partial charge in [0.2, 0.25) is 0 Å². The molecule has 0 radical (unpaired) electrons. The molecule has 130 valence electrons. The number of aromatic nitrogens is 2. The van der Waals surface area contributed by atoms with Crippen molar-refractivity contribution in [3.05, 3.63) is 47.5 Å². The molecule has 5 nitrogen and oxygen atoms in total. The number of hydrogen-bond acceptors (Lipinski definition) is 4. The Bertz CT molecular complexity index is 635. The van der Waals surface area contributed by atoms with E-state index in [1.807, 2.05) is 25.3 Å². The minimum Gasteiger partial charge on any atom is -0.490 e. The lowest BCUT2D eigenvalue weighted by Crippen LogP contribution is -2.26. The molecule has 1 saturated carbocycles. The number of ether oxygens (including phenoxy) is 1. The molecular weight excluding hydrogens is 302 g/mol. The predicted molar refractivity (Wildman–Crippen MR) is 93.9 cm³/mol. The number of aromatic amines is 1. The first-order valence-electron chi connectivity index (χ1n) is 8.83. The topological polar surface area (TPSA) is 61.4 Å². The highest BCUT2D eigenvalue weighted by molar-refractivity contribution is 5.33. The number of imidazole rings is 1. The van der Waals surface area contributed by atoms with Crippen LogP contribution in [0.15, 0.2) is 30.5 Å². The maximum atomic E-state index is 9.40. The average Bonchev–Trinajstić information content (AvgIpc) is 3.21. The SMILES string of the molecule is Cc1ncc(CN(CCO)Cc2ccccc2OC2CCCC2)[nH]1. The van der Waals surface area contributed by atoms with Gasteiger partial charge in [0.25, 0.3) is 0 Å². The second-order valence-electron chi connectivity index (χ2n) is 6.56. The molecule has 0 spiro atoms. The number of aliphatic hydroxyl groups is 1. The fourth-order valence-corrected chi connectivity index (χ4v) is 3.32. The zero-order chi connectivity index (χ0) is 16.8. The Hall–Kier alpha value is -1.85. The Morgan fingerprint density at radius 3 is 2.75 bits per heavy atom. The van der Waals surface area contributed by atoms with Crippen molar-refractivity contribution >= 4 is 0 Å². The van der Waals surface area contributed by atoms with Crippen LogP contribution in [0.4, 0.5) is 0 Å². The third-order valence-corrected chi connectivity index (χ3v) is 4.53.